The van der Waals surface area contributed by atoms with Crippen molar-refractivity contribution in [3.8, 4) is 0 Å². The molecule has 1 aliphatic carbocycles. The Hall–Kier alpha value is -2.68. The first-order chi connectivity index (χ1) is 11.9. The van der Waals surface area contributed by atoms with Crippen LogP contribution in [0.5, 0.6) is 0 Å². The third-order valence-corrected chi connectivity index (χ3v) is 5.08. The van der Waals surface area contributed by atoms with E-state index in [4.69, 9.17) is 10.3 Å². The van der Waals surface area contributed by atoms with Gasteiger partial charge < -0.3 is 14.8 Å². The number of nitrogens with zero attached hydrogens (tertiary/aromatic N) is 5. The van der Waals surface area contributed by atoms with Crippen LogP contribution in [0.25, 0.3) is 11.0 Å². The highest BCUT2D eigenvalue weighted by Gasteiger charge is 2.36. The van der Waals surface area contributed by atoms with Crippen molar-refractivity contribution < 1.29 is 4.52 Å². The lowest BCUT2D eigenvalue weighted by atomic mass is 9.99. The Labute approximate surface area is 142 Å². The molecule has 1 saturated carbocycles. The Kier molecular flexibility index (Phi) is 3.43. The predicted molar refractivity (Wildman–Crippen MR) is 90.2 cm³/mol. The average Bonchev–Trinajstić information content (AvgIpc) is 3.32. The van der Waals surface area contributed by atoms with Gasteiger partial charge in [0.2, 0.25) is 5.89 Å². The molecule has 0 radical (unpaired) electrons. The number of rotatable bonds is 3. The van der Waals surface area contributed by atoms with Crippen LogP contribution in [-0.2, 0) is 26.2 Å². The zero-order valence-electron chi connectivity index (χ0n) is 14.2. The van der Waals surface area contributed by atoms with Gasteiger partial charge >= 0.3 is 5.69 Å². The first-order valence-corrected chi connectivity index (χ1v) is 8.27. The molecule has 0 unspecified atom stereocenters. The largest absolute Gasteiger partial charge is 0.337 e. The standard InChI is InChI=1S/C16H20N6O3/c1-20-12-10(13(23)21(2)15(20)24)5-8-22(12)9-11-18-14(19-25-11)16(17)6-3-4-7-16/h5,8H,3-4,6-7,9,17H2,1-2H3. The summed E-state index contributed by atoms with van der Waals surface area (Å²) in [4.78, 5) is 28.9. The second kappa shape index (κ2) is 5.41. The van der Waals surface area contributed by atoms with E-state index in [1.807, 2.05) is 0 Å². The molecule has 0 aromatic carbocycles. The number of aromatic nitrogens is 5. The fourth-order valence-corrected chi connectivity index (χ4v) is 3.61. The normalized spacial score (nSPS) is 16.8. The summed E-state index contributed by atoms with van der Waals surface area (Å²) in [6.07, 6.45) is 5.57. The molecule has 0 aliphatic heterocycles. The number of aryl methyl sites for hydroxylation is 1. The molecule has 2 N–H and O–H groups in total. The van der Waals surface area contributed by atoms with E-state index in [-0.39, 0.29) is 17.8 Å². The van der Waals surface area contributed by atoms with Gasteiger partial charge in [0.05, 0.1) is 10.9 Å². The number of fused-ring (bicyclic) bond motifs is 1. The smallest absolute Gasteiger partial charge is 0.332 e. The van der Waals surface area contributed by atoms with E-state index in [9.17, 15) is 9.59 Å². The molecule has 3 heterocycles. The number of nitrogens with two attached hydrogens (primary N) is 1. The minimum absolute atomic E-state index is 0.271. The lowest BCUT2D eigenvalue weighted by molar-refractivity contribution is 0.345. The van der Waals surface area contributed by atoms with E-state index in [0.29, 0.717) is 22.7 Å². The SMILES string of the molecule is Cn1c(=O)c2ccn(Cc3nc(C4(N)CCCC4)no3)c2n(C)c1=O. The van der Waals surface area contributed by atoms with Crippen LogP contribution >= 0.6 is 0 Å². The maximum Gasteiger partial charge on any atom is 0.332 e. The maximum absolute atomic E-state index is 12.3. The first-order valence-electron chi connectivity index (χ1n) is 8.27. The summed E-state index contributed by atoms with van der Waals surface area (Å²) in [5.41, 5.74) is 5.67. The van der Waals surface area contributed by atoms with Gasteiger partial charge in [-0.1, -0.05) is 18.0 Å². The van der Waals surface area contributed by atoms with E-state index >= 15 is 0 Å². The van der Waals surface area contributed by atoms with Crippen LogP contribution in [0, 0.1) is 0 Å². The summed E-state index contributed by atoms with van der Waals surface area (Å²) in [7, 11) is 3.10. The van der Waals surface area contributed by atoms with Gasteiger partial charge in [-0.15, -0.1) is 0 Å². The van der Waals surface area contributed by atoms with Crippen LogP contribution in [0.15, 0.2) is 26.4 Å². The van der Waals surface area contributed by atoms with Crippen LogP contribution in [0.2, 0.25) is 0 Å². The van der Waals surface area contributed by atoms with Crippen molar-refractivity contribution >= 4 is 11.0 Å². The van der Waals surface area contributed by atoms with Crippen molar-refractivity contribution in [1.82, 2.24) is 23.8 Å². The molecule has 9 heteroatoms. The summed E-state index contributed by atoms with van der Waals surface area (Å²) in [5, 5.41) is 4.51. The fraction of sp³-hybridized carbons (Fsp3) is 0.500. The van der Waals surface area contributed by atoms with Gasteiger partial charge in [-0.25, -0.2) is 4.79 Å². The third kappa shape index (κ3) is 2.34. The van der Waals surface area contributed by atoms with Crippen molar-refractivity contribution in [2.24, 2.45) is 19.8 Å². The van der Waals surface area contributed by atoms with Gasteiger partial charge in [0.1, 0.15) is 12.2 Å². The Balaban J connectivity index is 1.74. The molecule has 0 saturated heterocycles. The molecule has 0 bridgehead atoms. The molecule has 25 heavy (non-hydrogen) atoms. The molecule has 0 amide bonds. The zero-order chi connectivity index (χ0) is 17.8. The molecule has 4 rings (SSSR count). The Morgan fingerprint density at radius 3 is 2.68 bits per heavy atom. The van der Waals surface area contributed by atoms with Crippen molar-refractivity contribution in [3.63, 3.8) is 0 Å². The first kappa shape index (κ1) is 15.8. The third-order valence-electron chi connectivity index (χ3n) is 5.08. The molecular formula is C16H20N6O3. The lowest BCUT2D eigenvalue weighted by Crippen LogP contribution is -2.37. The molecule has 0 atom stereocenters. The summed E-state index contributed by atoms with van der Waals surface area (Å²) in [5.74, 6) is 0.929. The van der Waals surface area contributed by atoms with Crippen LogP contribution in [0.4, 0.5) is 0 Å². The molecule has 0 spiro atoms. The Bertz CT molecular complexity index is 1060. The number of hydrogen-bond donors (Lipinski definition) is 1. The van der Waals surface area contributed by atoms with Gasteiger partial charge in [0.25, 0.3) is 5.56 Å². The molecule has 1 aliphatic rings. The van der Waals surface area contributed by atoms with E-state index < -0.39 is 5.54 Å². The van der Waals surface area contributed by atoms with Crippen LogP contribution in [0.1, 0.15) is 37.4 Å². The maximum atomic E-state index is 12.3. The predicted octanol–water partition coefficient (Wildman–Crippen LogP) is 0.198. The highest BCUT2D eigenvalue weighted by Crippen LogP contribution is 2.34. The summed E-state index contributed by atoms with van der Waals surface area (Å²) in [6, 6.07) is 1.69. The van der Waals surface area contributed by atoms with Gasteiger partial charge in [0, 0.05) is 20.3 Å². The second-order valence-electron chi connectivity index (χ2n) is 6.76. The van der Waals surface area contributed by atoms with Gasteiger partial charge in [-0.05, 0) is 18.9 Å². The minimum atomic E-state index is -0.511. The van der Waals surface area contributed by atoms with Crippen LogP contribution in [-0.4, -0.2) is 23.8 Å². The Morgan fingerprint density at radius 1 is 1.24 bits per heavy atom. The highest BCUT2D eigenvalue weighted by atomic mass is 16.5. The van der Waals surface area contributed by atoms with E-state index in [1.165, 1.54) is 11.6 Å². The van der Waals surface area contributed by atoms with Crippen LogP contribution in [0.3, 0.4) is 0 Å². The minimum Gasteiger partial charge on any atom is -0.337 e. The highest BCUT2D eigenvalue weighted by molar-refractivity contribution is 5.75. The Morgan fingerprint density at radius 2 is 1.96 bits per heavy atom. The van der Waals surface area contributed by atoms with Crippen molar-refractivity contribution in [1.29, 1.82) is 0 Å². The van der Waals surface area contributed by atoms with Crippen molar-refractivity contribution in [2.75, 3.05) is 0 Å². The van der Waals surface area contributed by atoms with Gasteiger partial charge in [-0.2, -0.15) is 4.98 Å². The summed E-state index contributed by atoms with van der Waals surface area (Å²) in [6.45, 7) is 0.271. The van der Waals surface area contributed by atoms with E-state index in [1.54, 1.807) is 23.9 Å². The number of hydrogen-bond acceptors (Lipinski definition) is 6. The molecule has 132 valence electrons. The van der Waals surface area contributed by atoms with Gasteiger partial charge in [-0.3, -0.25) is 13.9 Å². The monoisotopic (exact) mass is 344 g/mol. The zero-order valence-corrected chi connectivity index (χ0v) is 14.2. The van der Waals surface area contributed by atoms with Gasteiger partial charge in [0.15, 0.2) is 5.82 Å². The van der Waals surface area contributed by atoms with Crippen LogP contribution < -0.4 is 17.0 Å². The van der Waals surface area contributed by atoms with Crippen molar-refractivity contribution in [2.45, 2.75) is 37.8 Å². The molecule has 9 nitrogen and oxygen atoms in total. The summed E-state index contributed by atoms with van der Waals surface area (Å²) < 4.78 is 9.65. The summed E-state index contributed by atoms with van der Waals surface area (Å²) >= 11 is 0. The molecular weight excluding hydrogens is 324 g/mol. The average molecular weight is 344 g/mol. The molecule has 3 aromatic rings. The second-order valence-corrected chi connectivity index (χ2v) is 6.76. The molecule has 1 fully saturated rings. The van der Waals surface area contributed by atoms with Crippen molar-refractivity contribution in [3.05, 3.63) is 44.8 Å². The fourth-order valence-electron chi connectivity index (χ4n) is 3.61. The quantitative estimate of drug-likeness (QED) is 0.726. The molecule has 3 aromatic heterocycles. The van der Waals surface area contributed by atoms with E-state index in [0.717, 1.165) is 30.3 Å². The topological polar surface area (TPSA) is 114 Å². The van der Waals surface area contributed by atoms with E-state index in [2.05, 4.69) is 10.1 Å². The lowest BCUT2D eigenvalue weighted by Gasteiger charge is -2.17.